The highest BCUT2D eigenvalue weighted by Crippen LogP contribution is 2.14. The fourth-order valence-corrected chi connectivity index (χ4v) is 1.76. The normalized spacial score (nSPS) is 10.8. The van der Waals surface area contributed by atoms with Crippen LogP contribution in [0.15, 0.2) is 34.9 Å². The molecule has 0 aliphatic heterocycles. The summed E-state index contributed by atoms with van der Waals surface area (Å²) in [6.45, 7) is 2.07. The highest BCUT2D eigenvalue weighted by Gasteiger charge is 2.11. The molecule has 96 valence electrons. The molecule has 3 aromatic rings. The van der Waals surface area contributed by atoms with E-state index in [9.17, 15) is 4.79 Å². The zero-order valence-electron chi connectivity index (χ0n) is 10.3. The van der Waals surface area contributed by atoms with Crippen LogP contribution in [0.25, 0.3) is 11.1 Å². The van der Waals surface area contributed by atoms with Crippen molar-refractivity contribution < 1.29 is 9.21 Å². The van der Waals surface area contributed by atoms with Gasteiger partial charge in [0.15, 0.2) is 11.4 Å². The van der Waals surface area contributed by atoms with E-state index in [0.717, 1.165) is 11.2 Å². The summed E-state index contributed by atoms with van der Waals surface area (Å²) in [6.07, 6.45) is 1.61. The molecule has 2 aromatic heterocycles. The van der Waals surface area contributed by atoms with Crippen molar-refractivity contribution in [2.45, 2.75) is 13.5 Å². The molecule has 6 heteroatoms. The first kappa shape index (κ1) is 11.5. The number of fused-ring (bicyclic) bond motifs is 1. The second-order valence-electron chi connectivity index (χ2n) is 4.17. The number of carbonyl (C=O) groups excluding carboxylic acids is 1. The first-order valence-electron chi connectivity index (χ1n) is 5.86. The molecule has 1 amide bonds. The molecule has 1 aromatic carbocycles. The molecule has 0 saturated heterocycles. The number of imidazole rings is 1. The number of amides is 1. The van der Waals surface area contributed by atoms with E-state index in [1.165, 1.54) is 0 Å². The van der Waals surface area contributed by atoms with Crippen LogP contribution in [0.1, 0.15) is 22.2 Å². The van der Waals surface area contributed by atoms with E-state index < -0.39 is 0 Å². The van der Waals surface area contributed by atoms with Crippen molar-refractivity contribution in [1.29, 1.82) is 0 Å². The maximum absolute atomic E-state index is 11.8. The fourth-order valence-electron chi connectivity index (χ4n) is 1.76. The van der Waals surface area contributed by atoms with Gasteiger partial charge in [0.2, 0.25) is 5.89 Å². The first-order valence-corrected chi connectivity index (χ1v) is 5.86. The molecule has 0 bridgehead atoms. The molecule has 0 atom stereocenters. The fraction of sp³-hybridized carbons (Fsp3) is 0.154. The van der Waals surface area contributed by atoms with Gasteiger partial charge in [-0.25, -0.2) is 9.97 Å². The Kier molecular flexibility index (Phi) is 2.75. The lowest BCUT2D eigenvalue weighted by Crippen LogP contribution is -2.24. The number of rotatable bonds is 3. The van der Waals surface area contributed by atoms with Crippen molar-refractivity contribution in [1.82, 2.24) is 20.3 Å². The second-order valence-corrected chi connectivity index (χ2v) is 4.17. The number of H-pyrrole nitrogens is 1. The maximum atomic E-state index is 11.8. The van der Waals surface area contributed by atoms with Crippen LogP contribution < -0.4 is 5.32 Å². The van der Waals surface area contributed by atoms with E-state index in [-0.39, 0.29) is 18.3 Å². The van der Waals surface area contributed by atoms with Crippen molar-refractivity contribution in [3.05, 3.63) is 47.9 Å². The van der Waals surface area contributed by atoms with Crippen LogP contribution in [0.5, 0.6) is 0 Å². The van der Waals surface area contributed by atoms with E-state index in [1.807, 2.05) is 31.2 Å². The molecule has 0 fully saturated rings. The molecule has 0 spiro atoms. The van der Waals surface area contributed by atoms with Crippen molar-refractivity contribution in [3.8, 4) is 0 Å². The topological polar surface area (TPSA) is 83.8 Å². The zero-order valence-corrected chi connectivity index (χ0v) is 10.3. The summed E-state index contributed by atoms with van der Waals surface area (Å²) < 4.78 is 5.50. The third-order valence-corrected chi connectivity index (χ3v) is 2.66. The Balaban J connectivity index is 1.70. The highest BCUT2D eigenvalue weighted by atomic mass is 16.3. The third-order valence-electron chi connectivity index (χ3n) is 2.66. The number of nitrogens with zero attached hydrogens (tertiary/aromatic N) is 2. The lowest BCUT2D eigenvalue weighted by atomic mass is 10.3. The summed E-state index contributed by atoms with van der Waals surface area (Å²) in [5.74, 6) is 0.474. The average molecular weight is 256 g/mol. The summed E-state index contributed by atoms with van der Waals surface area (Å²) in [4.78, 5) is 22.9. The van der Waals surface area contributed by atoms with Crippen LogP contribution in [0.4, 0.5) is 0 Å². The largest absolute Gasteiger partial charge is 0.439 e. The molecule has 3 rings (SSSR count). The van der Waals surface area contributed by atoms with E-state index in [2.05, 4.69) is 20.3 Å². The molecule has 0 radical (unpaired) electrons. The number of benzene rings is 1. The number of aromatic nitrogens is 3. The number of hydrogen-bond donors (Lipinski definition) is 2. The molecule has 0 aliphatic rings. The minimum Gasteiger partial charge on any atom is -0.439 e. The van der Waals surface area contributed by atoms with E-state index in [4.69, 9.17) is 4.42 Å². The van der Waals surface area contributed by atoms with Crippen molar-refractivity contribution in [2.75, 3.05) is 0 Å². The van der Waals surface area contributed by atoms with Gasteiger partial charge in [-0.3, -0.25) is 4.79 Å². The van der Waals surface area contributed by atoms with Crippen molar-refractivity contribution >= 4 is 17.0 Å². The molecule has 0 aliphatic carbocycles. The lowest BCUT2D eigenvalue weighted by molar-refractivity contribution is 0.0938. The molecule has 0 unspecified atom stereocenters. The molecular formula is C13H12N4O2. The Morgan fingerprint density at radius 1 is 1.42 bits per heavy atom. The first-order chi connectivity index (χ1) is 9.22. The summed E-state index contributed by atoms with van der Waals surface area (Å²) >= 11 is 0. The minimum absolute atomic E-state index is 0.229. The van der Waals surface area contributed by atoms with Gasteiger partial charge in [-0.2, -0.15) is 0 Å². The van der Waals surface area contributed by atoms with Crippen LogP contribution in [0.2, 0.25) is 0 Å². The van der Waals surface area contributed by atoms with Crippen LogP contribution in [-0.4, -0.2) is 20.9 Å². The lowest BCUT2D eigenvalue weighted by Gasteiger charge is -1.98. The van der Waals surface area contributed by atoms with Gasteiger partial charge in [-0.1, -0.05) is 12.1 Å². The predicted molar refractivity (Wildman–Crippen MR) is 68.5 cm³/mol. The summed E-state index contributed by atoms with van der Waals surface area (Å²) in [5.41, 5.74) is 2.33. The monoisotopic (exact) mass is 256 g/mol. The van der Waals surface area contributed by atoms with Gasteiger partial charge in [-0.05, 0) is 19.1 Å². The smallest absolute Gasteiger partial charge is 0.287 e. The molecular weight excluding hydrogens is 244 g/mol. The van der Waals surface area contributed by atoms with Crippen LogP contribution >= 0.6 is 0 Å². The van der Waals surface area contributed by atoms with Gasteiger partial charge < -0.3 is 14.7 Å². The standard InChI is InChI=1S/C13H12N4O2/c1-8-6-14-12(16-8)13(18)15-7-11-17-9-4-2-3-5-10(9)19-11/h2-6H,7H2,1H3,(H,14,16)(H,15,18). The summed E-state index contributed by atoms with van der Waals surface area (Å²) in [6, 6.07) is 7.46. The van der Waals surface area contributed by atoms with Crippen LogP contribution in [0, 0.1) is 6.92 Å². The molecule has 2 heterocycles. The van der Waals surface area contributed by atoms with Gasteiger partial charge in [0.1, 0.15) is 5.52 Å². The predicted octanol–water partition coefficient (Wildman–Crippen LogP) is 1.79. The van der Waals surface area contributed by atoms with Crippen molar-refractivity contribution in [2.24, 2.45) is 0 Å². The number of nitrogens with one attached hydrogen (secondary N) is 2. The van der Waals surface area contributed by atoms with E-state index in [0.29, 0.717) is 11.5 Å². The Hall–Kier alpha value is -2.63. The Bertz CT molecular complexity index is 696. The quantitative estimate of drug-likeness (QED) is 0.748. The van der Waals surface area contributed by atoms with Gasteiger partial charge in [0.05, 0.1) is 6.54 Å². The Labute approximate surface area is 108 Å². The molecule has 2 N–H and O–H groups in total. The zero-order chi connectivity index (χ0) is 13.2. The van der Waals surface area contributed by atoms with E-state index >= 15 is 0 Å². The second kappa shape index (κ2) is 4.56. The van der Waals surface area contributed by atoms with Gasteiger partial charge >= 0.3 is 0 Å². The van der Waals surface area contributed by atoms with Crippen molar-refractivity contribution in [3.63, 3.8) is 0 Å². The number of aryl methyl sites for hydroxylation is 1. The molecule has 19 heavy (non-hydrogen) atoms. The SMILES string of the molecule is Cc1cnc(C(=O)NCc2nc3ccccc3o2)[nH]1. The average Bonchev–Trinajstić information content (AvgIpc) is 3.01. The van der Waals surface area contributed by atoms with Gasteiger partial charge in [-0.15, -0.1) is 0 Å². The number of oxazole rings is 1. The number of carbonyl (C=O) groups is 1. The molecule has 6 nitrogen and oxygen atoms in total. The Morgan fingerprint density at radius 3 is 3.00 bits per heavy atom. The van der Waals surface area contributed by atoms with Crippen LogP contribution in [-0.2, 0) is 6.54 Å². The third kappa shape index (κ3) is 2.33. The highest BCUT2D eigenvalue weighted by molar-refractivity contribution is 5.90. The minimum atomic E-state index is -0.282. The summed E-state index contributed by atoms with van der Waals surface area (Å²) in [7, 11) is 0. The summed E-state index contributed by atoms with van der Waals surface area (Å²) in [5, 5.41) is 2.70. The van der Waals surface area contributed by atoms with Gasteiger partial charge in [0, 0.05) is 11.9 Å². The number of aromatic amines is 1. The molecule has 0 saturated carbocycles. The van der Waals surface area contributed by atoms with Crippen LogP contribution in [0.3, 0.4) is 0 Å². The van der Waals surface area contributed by atoms with Gasteiger partial charge in [0.25, 0.3) is 5.91 Å². The Morgan fingerprint density at radius 2 is 2.26 bits per heavy atom. The number of hydrogen-bond acceptors (Lipinski definition) is 4. The number of para-hydroxylation sites is 2. The van der Waals surface area contributed by atoms with E-state index in [1.54, 1.807) is 6.20 Å². The maximum Gasteiger partial charge on any atom is 0.287 e.